The van der Waals surface area contributed by atoms with E-state index in [1.165, 1.54) is 0 Å². The van der Waals surface area contributed by atoms with Crippen molar-refractivity contribution in [3.63, 3.8) is 0 Å². The molecular weight excluding hydrogens is 236 g/mol. The number of nitrogens with two attached hydrogens (primary N) is 1. The molecule has 0 spiro atoms. The highest BCUT2D eigenvalue weighted by atomic mass is 35.5. The van der Waals surface area contributed by atoms with Crippen LogP contribution in [0.2, 0.25) is 0 Å². The summed E-state index contributed by atoms with van der Waals surface area (Å²) in [6.45, 7) is 2.61. The van der Waals surface area contributed by atoms with Crippen LogP contribution in [0.15, 0.2) is 24.3 Å². The Morgan fingerprint density at radius 3 is 2.35 bits per heavy atom. The molecule has 1 fully saturated rings. The van der Waals surface area contributed by atoms with E-state index in [0.717, 1.165) is 30.5 Å². The van der Waals surface area contributed by atoms with Gasteiger partial charge in [-0.1, -0.05) is 19.1 Å². The highest BCUT2D eigenvalue weighted by Gasteiger charge is 2.47. The van der Waals surface area contributed by atoms with Gasteiger partial charge in [0, 0.05) is 17.6 Å². The van der Waals surface area contributed by atoms with E-state index in [-0.39, 0.29) is 23.7 Å². The summed E-state index contributed by atoms with van der Waals surface area (Å²) in [5, 5.41) is 2.97. The second kappa shape index (κ2) is 5.52. The van der Waals surface area contributed by atoms with E-state index in [1.54, 1.807) is 0 Å². The predicted molar refractivity (Wildman–Crippen MR) is 72.2 cm³/mol. The van der Waals surface area contributed by atoms with Crippen molar-refractivity contribution in [2.45, 2.75) is 32.7 Å². The Morgan fingerprint density at radius 1 is 1.35 bits per heavy atom. The molecule has 0 atom stereocenters. The second-order valence-corrected chi connectivity index (χ2v) is 4.49. The van der Waals surface area contributed by atoms with Gasteiger partial charge in [-0.2, -0.15) is 0 Å². The van der Waals surface area contributed by atoms with Gasteiger partial charge in [0.25, 0.3) is 0 Å². The second-order valence-electron chi connectivity index (χ2n) is 4.49. The summed E-state index contributed by atoms with van der Waals surface area (Å²) in [6.07, 6.45) is 2.98. The first kappa shape index (κ1) is 14.0. The van der Waals surface area contributed by atoms with Crippen molar-refractivity contribution in [1.82, 2.24) is 0 Å². The van der Waals surface area contributed by atoms with E-state index in [9.17, 15) is 4.79 Å². The minimum absolute atomic E-state index is 0. The van der Waals surface area contributed by atoms with Crippen LogP contribution < -0.4 is 11.1 Å². The zero-order valence-electron chi connectivity index (χ0n) is 10.0. The molecule has 17 heavy (non-hydrogen) atoms. The van der Waals surface area contributed by atoms with Crippen LogP contribution >= 0.6 is 12.4 Å². The molecule has 0 aliphatic heterocycles. The van der Waals surface area contributed by atoms with Gasteiger partial charge in [-0.3, -0.25) is 4.79 Å². The molecule has 0 unspecified atom stereocenters. The van der Waals surface area contributed by atoms with Crippen LogP contribution in [0.25, 0.3) is 0 Å². The molecule has 3 nitrogen and oxygen atoms in total. The van der Waals surface area contributed by atoms with Crippen molar-refractivity contribution in [3.8, 4) is 0 Å². The topological polar surface area (TPSA) is 55.1 Å². The zero-order chi connectivity index (χ0) is 11.6. The molecule has 0 heterocycles. The minimum Gasteiger partial charge on any atom is -0.326 e. The number of amides is 1. The summed E-state index contributed by atoms with van der Waals surface area (Å²) in [7, 11) is 0. The van der Waals surface area contributed by atoms with E-state index in [4.69, 9.17) is 5.73 Å². The van der Waals surface area contributed by atoms with E-state index in [0.29, 0.717) is 6.54 Å². The van der Waals surface area contributed by atoms with Gasteiger partial charge in [0.05, 0.1) is 0 Å². The lowest BCUT2D eigenvalue weighted by Crippen LogP contribution is -2.23. The third-order valence-electron chi connectivity index (χ3n) is 3.46. The number of nitrogens with one attached hydrogen (secondary N) is 1. The first-order valence-electron chi connectivity index (χ1n) is 5.81. The lowest BCUT2D eigenvalue weighted by molar-refractivity contribution is -0.121. The molecule has 94 valence electrons. The average Bonchev–Trinajstić information content (AvgIpc) is 3.11. The Labute approximate surface area is 108 Å². The summed E-state index contributed by atoms with van der Waals surface area (Å²) in [4.78, 5) is 11.9. The molecule has 1 aliphatic rings. The first-order chi connectivity index (χ1) is 7.70. The number of rotatable bonds is 4. The molecule has 1 aromatic carbocycles. The summed E-state index contributed by atoms with van der Waals surface area (Å²) in [6, 6.07) is 7.71. The van der Waals surface area contributed by atoms with Crippen LogP contribution in [0.4, 0.5) is 5.69 Å². The molecule has 1 saturated carbocycles. The van der Waals surface area contributed by atoms with Crippen LogP contribution in [0.5, 0.6) is 0 Å². The molecule has 0 saturated heterocycles. The molecule has 4 heteroatoms. The summed E-state index contributed by atoms with van der Waals surface area (Å²) in [5.41, 5.74) is 7.38. The van der Waals surface area contributed by atoms with E-state index in [1.807, 2.05) is 24.3 Å². The number of carbonyl (C=O) groups excluding carboxylic acids is 1. The van der Waals surface area contributed by atoms with Crippen LogP contribution in [0, 0.1) is 5.41 Å². The molecule has 0 aromatic heterocycles. The number of anilines is 1. The molecular formula is C13H19ClN2O. The van der Waals surface area contributed by atoms with E-state index in [2.05, 4.69) is 12.2 Å². The number of halogens is 1. The standard InChI is InChI=1S/C13H18N2O.ClH/c1-2-13(7-8-13)12(16)15-11-5-3-10(9-14)4-6-11;/h3-6H,2,7-9,14H2,1H3,(H,15,16);1H. The highest BCUT2D eigenvalue weighted by molar-refractivity contribution is 5.97. The predicted octanol–water partition coefficient (Wildman–Crippen LogP) is 2.70. The zero-order valence-corrected chi connectivity index (χ0v) is 10.8. The smallest absolute Gasteiger partial charge is 0.230 e. The third kappa shape index (κ3) is 2.99. The van der Waals surface area contributed by atoms with Gasteiger partial charge >= 0.3 is 0 Å². The average molecular weight is 255 g/mol. The Kier molecular flexibility index (Phi) is 4.54. The molecule has 3 N–H and O–H groups in total. The minimum atomic E-state index is -0.0768. The molecule has 1 amide bonds. The van der Waals surface area contributed by atoms with Gasteiger partial charge in [-0.15, -0.1) is 12.4 Å². The quantitative estimate of drug-likeness (QED) is 0.868. The number of hydrogen-bond acceptors (Lipinski definition) is 2. The van der Waals surface area contributed by atoms with Crippen molar-refractivity contribution in [1.29, 1.82) is 0 Å². The fourth-order valence-corrected chi connectivity index (χ4v) is 1.88. The molecule has 1 aromatic rings. The summed E-state index contributed by atoms with van der Waals surface area (Å²) < 4.78 is 0. The number of benzene rings is 1. The van der Waals surface area contributed by atoms with Crippen molar-refractivity contribution in [2.24, 2.45) is 11.1 Å². The fourth-order valence-electron chi connectivity index (χ4n) is 1.88. The SMILES string of the molecule is CCC1(C(=O)Nc2ccc(CN)cc2)CC1.Cl. The van der Waals surface area contributed by atoms with Gasteiger partial charge in [-0.05, 0) is 37.0 Å². The summed E-state index contributed by atoms with van der Waals surface area (Å²) in [5.74, 6) is 0.162. The Balaban J connectivity index is 0.00000144. The van der Waals surface area contributed by atoms with Gasteiger partial charge < -0.3 is 11.1 Å². The molecule has 2 rings (SSSR count). The third-order valence-corrected chi connectivity index (χ3v) is 3.46. The Bertz CT molecular complexity index is 385. The van der Waals surface area contributed by atoms with Crippen LogP contribution in [0.1, 0.15) is 31.7 Å². The Hall–Kier alpha value is -1.06. The summed E-state index contributed by atoms with van der Waals surface area (Å²) >= 11 is 0. The molecule has 0 bridgehead atoms. The maximum atomic E-state index is 11.9. The van der Waals surface area contributed by atoms with Crippen LogP contribution in [-0.2, 0) is 11.3 Å². The normalized spacial score (nSPS) is 15.9. The van der Waals surface area contributed by atoms with Crippen molar-refractivity contribution >= 4 is 24.0 Å². The first-order valence-corrected chi connectivity index (χ1v) is 5.81. The van der Waals surface area contributed by atoms with Crippen LogP contribution in [-0.4, -0.2) is 5.91 Å². The van der Waals surface area contributed by atoms with E-state index >= 15 is 0 Å². The lowest BCUT2D eigenvalue weighted by atomic mass is 10.0. The number of carbonyl (C=O) groups is 1. The number of hydrogen-bond donors (Lipinski definition) is 2. The lowest BCUT2D eigenvalue weighted by Gasteiger charge is -2.12. The van der Waals surface area contributed by atoms with Crippen molar-refractivity contribution in [3.05, 3.63) is 29.8 Å². The Morgan fingerprint density at radius 2 is 1.94 bits per heavy atom. The monoisotopic (exact) mass is 254 g/mol. The largest absolute Gasteiger partial charge is 0.326 e. The highest BCUT2D eigenvalue weighted by Crippen LogP contribution is 2.49. The van der Waals surface area contributed by atoms with Gasteiger partial charge in [-0.25, -0.2) is 0 Å². The van der Waals surface area contributed by atoms with Crippen molar-refractivity contribution in [2.75, 3.05) is 5.32 Å². The fraction of sp³-hybridized carbons (Fsp3) is 0.462. The van der Waals surface area contributed by atoms with Gasteiger partial charge in [0.2, 0.25) is 5.91 Å². The van der Waals surface area contributed by atoms with Gasteiger partial charge in [0.1, 0.15) is 0 Å². The molecule has 1 aliphatic carbocycles. The van der Waals surface area contributed by atoms with Crippen molar-refractivity contribution < 1.29 is 4.79 Å². The molecule has 0 radical (unpaired) electrons. The maximum absolute atomic E-state index is 11.9. The van der Waals surface area contributed by atoms with Crippen LogP contribution in [0.3, 0.4) is 0 Å². The van der Waals surface area contributed by atoms with E-state index < -0.39 is 0 Å². The van der Waals surface area contributed by atoms with Gasteiger partial charge in [0.15, 0.2) is 0 Å². The maximum Gasteiger partial charge on any atom is 0.230 e.